The van der Waals surface area contributed by atoms with Crippen LogP contribution in [-0.4, -0.2) is 42.6 Å². The zero-order chi connectivity index (χ0) is 31.5. The Balaban J connectivity index is 1.48. The van der Waals surface area contributed by atoms with Crippen LogP contribution in [0.25, 0.3) is 6.08 Å². The number of methoxy groups -OCH3 is 2. The van der Waals surface area contributed by atoms with Crippen LogP contribution in [0.2, 0.25) is 0 Å². The van der Waals surface area contributed by atoms with Crippen LogP contribution in [-0.2, 0) is 9.59 Å². The first kappa shape index (κ1) is 31.3. The molecule has 0 bridgehead atoms. The summed E-state index contributed by atoms with van der Waals surface area (Å²) >= 11 is 1.24. The highest BCUT2D eigenvalue weighted by molar-refractivity contribution is 8.00. The van der Waals surface area contributed by atoms with Crippen molar-refractivity contribution in [1.82, 2.24) is 5.32 Å². The molecule has 0 spiro atoms. The summed E-state index contributed by atoms with van der Waals surface area (Å²) in [6.07, 6.45) is 1.51. The minimum atomic E-state index is -0.579. The number of nitro groups is 1. The second kappa shape index (κ2) is 15.0. The van der Waals surface area contributed by atoms with Gasteiger partial charge >= 0.3 is 0 Å². The van der Waals surface area contributed by atoms with E-state index in [0.717, 1.165) is 0 Å². The molecular weight excluding hydrogens is 584 g/mol. The van der Waals surface area contributed by atoms with Gasteiger partial charge in [0.2, 0.25) is 5.91 Å². The van der Waals surface area contributed by atoms with Gasteiger partial charge in [0.15, 0.2) is 0 Å². The number of nitro benzene ring substituents is 1. The maximum atomic E-state index is 13.5. The number of nitrogens with one attached hydrogen (secondary N) is 3. The quantitative estimate of drug-likeness (QED) is 0.0792. The summed E-state index contributed by atoms with van der Waals surface area (Å²) in [4.78, 5) is 49.9. The number of non-ortho nitro benzene ring substituents is 1. The van der Waals surface area contributed by atoms with Crippen molar-refractivity contribution in [3.63, 3.8) is 0 Å². The Morgan fingerprint density at radius 1 is 0.841 bits per heavy atom. The molecule has 44 heavy (non-hydrogen) atoms. The summed E-state index contributed by atoms with van der Waals surface area (Å²) in [6, 6.07) is 26.0. The van der Waals surface area contributed by atoms with E-state index in [9.17, 15) is 24.5 Å². The van der Waals surface area contributed by atoms with Crippen LogP contribution in [0.4, 0.5) is 17.1 Å². The topological polar surface area (TPSA) is 149 Å². The fraction of sp³-hybridized carbons (Fsp3) is 0.0938. The van der Waals surface area contributed by atoms with Crippen LogP contribution >= 0.6 is 11.8 Å². The minimum Gasteiger partial charge on any atom is -0.497 e. The number of hydrogen-bond donors (Lipinski definition) is 3. The molecule has 4 aromatic rings. The number of benzene rings is 4. The summed E-state index contributed by atoms with van der Waals surface area (Å²) in [5, 5.41) is 19.0. The first-order valence-corrected chi connectivity index (χ1v) is 14.1. The number of carbonyl (C=O) groups excluding carboxylic acids is 3. The monoisotopic (exact) mass is 612 g/mol. The maximum absolute atomic E-state index is 13.5. The van der Waals surface area contributed by atoms with Crippen LogP contribution in [0.1, 0.15) is 15.9 Å². The summed E-state index contributed by atoms with van der Waals surface area (Å²) in [7, 11) is 3.02. The zero-order valence-corrected chi connectivity index (χ0v) is 24.6. The molecule has 0 saturated heterocycles. The van der Waals surface area contributed by atoms with Gasteiger partial charge in [0, 0.05) is 45.6 Å². The molecule has 0 aromatic heterocycles. The summed E-state index contributed by atoms with van der Waals surface area (Å²) in [6.45, 7) is 0. The predicted octanol–water partition coefficient (Wildman–Crippen LogP) is 5.75. The van der Waals surface area contributed by atoms with Crippen molar-refractivity contribution in [3.8, 4) is 11.5 Å². The molecule has 0 saturated carbocycles. The smallest absolute Gasteiger partial charge is 0.272 e. The highest BCUT2D eigenvalue weighted by Gasteiger charge is 2.17. The third-order valence-corrected chi connectivity index (χ3v) is 7.09. The minimum absolute atomic E-state index is 0.0251. The number of rotatable bonds is 12. The Morgan fingerprint density at radius 3 is 2.27 bits per heavy atom. The molecule has 0 atom stereocenters. The number of thioether (sulfide) groups is 1. The third kappa shape index (κ3) is 8.69. The Labute approximate surface area is 257 Å². The second-order valence-corrected chi connectivity index (χ2v) is 10.2. The van der Waals surface area contributed by atoms with Crippen molar-refractivity contribution in [2.45, 2.75) is 4.90 Å². The Bertz CT molecular complexity index is 1690. The Morgan fingerprint density at radius 2 is 1.59 bits per heavy atom. The SMILES string of the molecule is COc1ccc(/C=C(/NC(=O)c2ccccc2)C(=O)Nc2cccc(SCC(=O)Nc3ccc([N+](=O)[O-])cc3)c2)c(OC)c1. The van der Waals surface area contributed by atoms with Crippen molar-refractivity contribution in [3.05, 3.63) is 124 Å². The van der Waals surface area contributed by atoms with Gasteiger partial charge in [0.05, 0.1) is 24.9 Å². The van der Waals surface area contributed by atoms with Crippen LogP contribution in [0, 0.1) is 10.1 Å². The largest absolute Gasteiger partial charge is 0.497 e. The average Bonchev–Trinajstić information content (AvgIpc) is 3.04. The molecule has 0 radical (unpaired) electrons. The first-order chi connectivity index (χ1) is 21.2. The van der Waals surface area contributed by atoms with Gasteiger partial charge in [-0.3, -0.25) is 24.5 Å². The molecule has 0 aliphatic heterocycles. The van der Waals surface area contributed by atoms with Crippen LogP contribution in [0.5, 0.6) is 11.5 Å². The molecule has 11 nitrogen and oxygen atoms in total. The van der Waals surface area contributed by atoms with E-state index < -0.39 is 16.7 Å². The van der Waals surface area contributed by atoms with Gasteiger partial charge in [0.1, 0.15) is 17.2 Å². The predicted molar refractivity (Wildman–Crippen MR) is 169 cm³/mol. The first-order valence-electron chi connectivity index (χ1n) is 13.1. The average molecular weight is 613 g/mol. The van der Waals surface area contributed by atoms with E-state index in [2.05, 4.69) is 16.0 Å². The highest BCUT2D eigenvalue weighted by Crippen LogP contribution is 2.27. The molecule has 0 aliphatic rings. The molecule has 224 valence electrons. The molecule has 0 heterocycles. The molecule has 3 amide bonds. The van der Waals surface area contributed by atoms with Gasteiger partial charge in [-0.25, -0.2) is 0 Å². The summed E-state index contributed by atoms with van der Waals surface area (Å²) < 4.78 is 10.7. The van der Waals surface area contributed by atoms with Gasteiger partial charge < -0.3 is 25.4 Å². The van der Waals surface area contributed by atoms with Crippen LogP contribution in [0.3, 0.4) is 0 Å². The normalized spacial score (nSPS) is 10.8. The number of amides is 3. The lowest BCUT2D eigenvalue weighted by Gasteiger charge is -2.13. The number of nitrogens with zero attached hydrogens (tertiary/aromatic N) is 1. The number of hydrogen-bond acceptors (Lipinski definition) is 8. The molecule has 4 aromatic carbocycles. The van der Waals surface area contributed by atoms with Gasteiger partial charge in [-0.15, -0.1) is 11.8 Å². The fourth-order valence-corrected chi connectivity index (χ4v) is 4.67. The van der Waals surface area contributed by atoms with E-state index in [1.165, 1.54) is 56.3 Å². The Kier molecular flexibility index (Phi) is 10.7. The molecule has 0 unspecified atom stereocenters. The van der Waals surface area contributed by atoms with Crippen molar-refractivity contribution in [1.29, 1.82) is 0 Å². The van der Waals surface area contributed by atoms with Gasteiger partial charge in [-0.1, -0.05) is 24.3 Å². The molecule has 3 N–H and O–H groups in total. The fourth-order valence-electron chi connectivity index (χ4n) is 3.91. The number of carbonyl (C=O) groups is 3. The lowest BCUT2D eigenvalue weighted by Crippen LogP contribution is -2.30. The van der Waals surface area contributed by atoms with Gasteiger partial charge in [0.25, 0.3) is 17.5 Å². The van der Waals surface area contributed by atoms with Crippen molar-refractivity contribution in [2.24, 2.45) is 0 Å². The third-order valence-electron chi connectivity index (χ3n) is 6.09. The van der Waals surface area contributed by atoms with E-state index in [-0.39, 0.29) is 23.0 Å². The van der Waals surface area contributed by atoms with Crippen LogP contribution < -0.4 is 25.4 Å². The van der Waals surface area contributed by atoms with Crippen molar-refractivity contribution < 1.29 is 28.8 Å². The zero-order valence-electron chi connectivity index (χ0n) is 23.7. The van der Waals surface area contributed by atoms with E-state index in [0.29, 0.717) is 38.9 Å². The van der Waals surface area contributed by atoms with E-state index in [4.69, 9.17) is 9.47 Å². The standard InChI is InChI=1S/C32H28N4O7S/c1-42-26-16-11-22(29(19-26)43-2)17-28(35-31(38)21-7-4-3-5-8-21)32(39)34-24-9-6-10-27(18-24)44-20-30(37)33-23-12-14-25(15-13-23)36(40)41/h3-19H,20H2,1-2H3,(H,33,37)(H,34,39)(H,35,38)/b28-17+. The highest BCUT2D eigenvalue weighted by atomic mass is 32.2. The molecule has 0 aliphatic carbocycles. The lowest BCUT2D eigenvalue weighted by atomic mass is 10.1. The Hall–Kier alpha value is -5.62. The number of ether oxygens (including phenoxy) is 2. The summed E-state index contributed by atoms with van der Waals surface area (Å²) in [5.41, 5.74) is 1.69. The maximum Gasteiger partial charge on any atom is 0.272 e. The molecular formula is C32H28N4O7S. The molecule has 12 heteroatoms. The second-order valence-electron chi connectivity index (χ2n) is 9.11. The van der Waals surface area contributed by atoms with Gasteiger partial charge in [-0.05, 0) is 60.7 Å². The van der Waals surface area contributed by atoms with Crippen LogP contribution in [0.15, 0.2) is 108 Å². The molecule has 0 fully saturated rings. The summed E-state index contributed by atoms with van der Waals surface area (Å²) in [5.74, 6) is -0.291. The van der Waals surface area contributed by atoms with E-state index >= 15 is 0 Å². The lowest BCUT2D eigenvalue weighted by molar-refractivity contribution is -0.384. The van der Waals surface area contributed by atoms with E-state index in [1.807, 2.05) is 0 Å². The number of anilines is 2. The van der Waals surface area contributed by atoms with E-state index in [1.54, 1.807) is 72.8 Å². The van der Waals surface area contributed by atoms with Crippen molar-refractivity contribution in [2.75, 3.05) is 30.6 Å². The van der Waals surface area contributed by atoms with Crippen molar-refractivity contribution >= 4 is 52.6 Å². The molecule has 4 rings (SSSR count). The van der Waals surface area contributed by atoms with Gasteiger partial charge in [-0.2, -0.15) is 0 Å².